The van der Waals surface area contributed by atoms with Gasteiger partial charge in [-0.25, -0.2) is 4.39 Å². The van der Waals surface area contributed by atoms with E-state index in [4.69, 9.17) is 9.31 Å². The minimum Gasteiger partial charge on any atom is -0.399 e. The number of nitrogens with one attached hydrogen (secondary N) is 1. The van der Waals surface area contributed by atoms with Crippen LogP contribution in [0.1, 0.15) is 54.2 Å². The zero-order valence-corrected chi connectivity index (χ0v) is 15.0. The normalized spacial score (nSPS) is 20.4. The topological polar surface area (TPSA) is 34.2 Å². The summed E-state index contributed by atoms with van der Waals surface area (Å²) in [5.74, 6) is -0.296. The van der Waals surface area contributed by atoms with Crippen molar-refractivity contribution >= 4 is 23.5 Å². The molecule has 5 heteroatoms. The molecule has 0 saturated carbocycles. The van der Waals surface area contributed by atoms with Crippen molar-refractivity contribution in [2.24, 2.45) is 0 Å². The molecule has 0 spiro atoms. The van der Waals surface area contributed by atoms with E-state index in [2.05, 4.69) is 25.8 Å². The van der Waals surface area contributed by atoms with Crippen LogP contribution in [0.15, 0.2) is 18.2 Å². The van der Waals surface area contributed by atoms with Gasteiger partial charge in [-0.1, -0.05) is 20.8 Å². The Morgan fingerprint density at radius 2 is 1.61 bits per heavy atom. The second-order valence-corrected chi connectivity index (χ2v) is 8.44. The third-order valence-electron chi connectivity index (χ3n) is 5.09. The lowest BCUT2D eigenvalue weighted by Crippen LogP contribution is -2.41. The average Bonchev–Trinajstić information content (AvgIpc) is 2.88. The lowest BCUT2D eigenvalue weighted by Gasteiger charge is -2.32. The molecule has 1 aromatic heterocycles. The van der Waals surface area contributed by atoms with Gasteiger partial charge in [-0.15, -0.1) is 0 Å². The van der Waals surface area contributed by atoms with Gasteiger partial charge in [0.15, 0.2) is 0 Å². The first-order valence-corrected chi connectivity index (χ1v) is 8.10. The van der Waals surface area contributed by atoms with E-state index in [9.17, 15) is 4.39 Å². The SMILES string of the molecule is CC(C)(C)c1cc2c(B3OC(C)(C)C(C)(C)O3)c(F)ccc2[nH]1. The van der Waals surface area contributed by atoms with Gasteiger partial charge < -0.3 is 14.3 Å². The van der Waals surface area contributed by atoms with Crippen molar-refractivity contribution in [1.29, 1.82) is 0 Å². The molecule has 0 radical (unpaired) electrons. The zero-order valence-electron chi connectivity index (χ0n) is 15.0. The van der Waals surface area contributed by atoms with Crippen LogP contribution >= 0.6 is 0 Å². The van der Waals surface area contributed by atoms with Gasteiger partial charge in [-0.3, -0.25) is 0 Å². The number of aromatic nitrogens is 1. The highest BCUT2D eigenvalue weighted by molar-refractivity contribution is 6.65. The minimum atomic E-state index is -0.702. The molecule has 124 valence electrons. The molecule has 1 aliphatic rings. The molecule has 1 aliphatic heterocycles. The molecule has 1 aromatic carbocycles. The molecule has 0 atom stereocenters. The smallest absolute Gasteiger partial charge is 0.399 e. The number of hydrogen-bond donors (Lipinski definition) is 1. The van der Waals surface area contributed by atoms with Gasteiger partial charge in [0.05, 0.1) is 11.2 Å². The molecule has 2 aromatic rings. The molecule has 0 amide bonds. The lowest BCUT2D eigenvalue weighted by molar-refractivity contribution is 0.00578. The average molecular weight is 317 g/mol. The summed E-state index contributed by atoms with van der Waals surface area (Å²) >= 11 is 0. The van der Waals surface area contributed by atoms with Gasteiger partial charge in [0.1, 0.15) is 5.82 Å². The molecule has 3 nitrogen and oxygen atoms in total. The van der Waals surface area contributed by atoms with Crippen LogP contribution in [-0.2, 0) is 14.7 Å². The number of aromatic amines is 1. The van der Waals surface area contributed by atoms with Crippen LogP contribution in [0, 0.1) is 5.82 Å². The van der Waals surface area contributed by atoms with Crippen molar-refractivity contribution in [1.82, 2.24) is 4.98 Å². The van der Waals surface area contributed by atoms with Crippen LogP contribution in [0.25, 0.3) is 10.9 Å². The number of H-pyrrole nitrogens is 1. The van der Waals surface area contributed by atoms with Gasteiger partial charge in [-0.05, 0) is 45.9 Å². The van der Waals surface area contributed by atoms with Gasteiger partial charge in [0, 0.05) is 27.5 Å². The van der Waals surface area contributed by atoms with E-state index in [1.807, 2.05) is 33.8 Å². The molecule has 23 heavy (non-hydrogen) atoms. The van der Waals surface area contributed by atoms with Gasteiger partial charge in [0.25, 0.3) is 0 Å². The number of hydrogen-bond acceptors (Lipinski definition) is 2. The Balaban J connectivity index is 2.15. The Morgan fingerprint density at radius 1 is 1.04 bits per heavy atom. The monoisotopic (exact) mass is 317 g/mol. The molecule has 0 unspecified atom stereocenters. The Morgan fingerprint density at radius 3 is 2.13 bits per heavy atom. The maximum Gasteiger partial charge on any atom is 0.498 e. The number of fused-ring (bicyclic) bond motifs is 1. The van der Waals surface area contributed by atoms with E-state index in [0.29, 0.717) is 5.46 Å². The second-order valence-electron chi connectivity index (χ2n) is 8.44. The molecule has 0 aliphatic carbocycles. The molecule has 1 N–H and O–H groups in total. The van der Waals surface area contributed by atoms with E-state index >= 15 is 0 Å². The maximum absolute atomic E-state index is 14.6. The summed E-state index contributed by atoms with van der Waals surface area (Å²) in [6.07, 6.45) is 0. The van der Waals surface area contributed by atoms with Crippen LogP contribution in [0.5, 0.6) is 0 Å². The largest absolute Gasteiger partial charge is 0.498 e. The van der Waals surface area contributed by atoms with E-state index in [-0.39, 0.29) is 11.2 Å². The lowest BCUT2D eigenvalue weighted by atomic mass is 9.76. The van der Waals surface area contributed by atoms with Crippen LogP contribution in [0.2, 0.25) is 0 Å². The summed E-state index contributed by atoms with van der Waals surface area (Å²) in [7, 11) is -0.702. The van der Waals surface area contributed by atoms with Gasteiger partial charge >= 0.3 is 7.12 Å². The Hall–Kier alpha value is -1.33. The molecule has 3 rings (SSSR count). The predicted molar refractivity (Wildman–Crippen MR) is 92.7 cm³/mol. The summed E-state index contributed by atoms with van der Waals surface area (Å²) in [5, 5.41) is 0.827. The first-order valence-electron chi connectivity index (χ1n) is 8.10. The molecule has 2 heterocycles. The molecule has 1 fully saturated rings. The number of rotatable bonds is 1. The highest BCUT2D eigenvalue weighted by atomic mass is 19.1. The highest BCUT2D eigenvalue weighted by Crippen LogP contribution is 2.37. The fraction of sp³-hybridized carbons (Fsp3) is 0.556. The minimum absolute atomic E-state index is 0.0390. The summed E-state index contributed by atoms with van der Waals surface area (Å²) in [5.41, 5.74) is 1.43. The Labute approximate surface area is 137 Å². The van der Waals surface area contributed by atoms with Crippen LogP contribution in [0.3, 0.4) is 0 Å². The van der Waals surface area contributed by atoms with Crippen molar-refractivity contribution in [2.75, 3.05) is 0 Å². The third kappa shape index (κ3) is 2.60. The maximum atomic E-state index is 14.6. The zero-order chi connectivity index (χ0) is 17.2. The van der Waals surface area contributed by atoms with E-state index in [1.54, 1.807) is 6.07 Å². The van der Waals surface area contributed by atoms with Crippen molar-refractivity contribution in [2.45, 2.75) is 65.1 Å². The number of benzene rings is 1. The first-order chi connectivity index (χ1) is 10.4. The van der Waals surface area contributed by atoms with E-state index in [0.717, 1.165) is 16.6 Å². The van der Waals surface area contributed by atoms with E-state index in [1.165, 1.54) is 6.07 Å². The Bertz CT molecular complexity index is 742. The fourth-order valence-electron chi connectivity index (χ4n) is 2.80. The fourth-order valence-corrected chi connectivity index (χ4v) is 2.80. The Kier molecular flexibility index (Phi) is 3.48. The van der Waals surface area contributed by atoms with Crippen LogP contribution in [-0.4, -0.2) is 23.3 Å². The predicted octanol–water partition coefficient (Wildman–Crippen LogP) is 3.90. The number of halogens is 1. The van der Waals surface area contributed by atoms with Crippen molar-refractivity contribution in [3.63, 3.8) is 0 Å². The molecular weight excluding hydrogens is 292 g/mol. The second kappa shape index (κ2) is 4.84. The van der Waals surface area contributed by atoms with Crippen LogP contribution in [0.4, 0.5) is 4.39 Å². The summed E-state index contributed by atoms with van der Waals surface area (Å²) in [4.78, 5) is 3.39. The quantitative estimate of drug-likeness (QED) is 0.809. The van der Waals surface area contributed by atoms with Crippen molar-refractivity contribution in [3.05, 3.63) is 29.7 Å². The van der Waals surface area contributed by atoms with Crippen molar-refractivity contribution < 1.29 is 13.7 Å². The van der Waals surface area contributed by atoms with Gasteiger partial charge in [0.2, 0.25) is 0 Å². The van der Waals surface area contributed by atoms with Gasteiger partial charge in [-0.2, -0.15) is 0 Å². The standard InChI is InChI=1S/C18H25BFNO2/c1-16(2,3)14-10-11-13(21-14)9-8-12(20)15(11)19-22-17(4,5)18(6,7)23-19/h8-10,21H,1-7H3. The van der Waals surface area contributed by atoms with Crippen LogP contribution < -0.4 is 5.46 Å². The molecular formula is C18H25BFNO2. The third-order valence-corrected chi connectivity index (χ3v) is 5.09. The van der Waals surface area contributed by atoms with E-state index < -0.39 is 18.3 Å². The highest BCUT2D eigenvalue weighted by Gasteiger charge is 2.53. The molecule has 0 bridgehead atoms. The summed E-state index contributed by atoms with van der Waals surface area (Å²) in [6.45, 7) is 14.3. The summed E-state index contributed by atoms with van der Waals surface area (Å²) < 4.78 is 26.7. The van der Waals surface area contributed by atoms with Crippen molar-refractivity contribution in [3.8, 4) is 0 Å². The summed E-state index contributed by atoms with van der Waals surface area (Å²) in [6, 6.07) is 5.26. The molecule has 1 saturated heterocycles. The first kappa shape index (κ1) is 16.5.